The van der Waals surface area contributed by atoms with Crippen LogP contribution in [0.25, 0.3) is 0 Å². The first-order chi connectivity index (χ1) is 44.6. The Balaban J connectivity index is 3.05. The minimum atomic E-state index is -1.63. The topological polar surface area (TPSA) is 291 Å². The van der Waals surface area contributed by atoms with Gasteiger partial charge in [0.2, 0.25) is 65.0 Å². The second-order valence-electron chi connectivity index (χ2n) is 29.5. The number of nitrogens with zero attached hydrogens (tertiary/aromatic N) is 8. The van der Waals surface area contributed by atoms with E-state index in [-0.39, 0.29) is 49.5 Å². The third kappa shape index (κ3) is 23.8. The van der Waals surface area contributed by atoms with Crippen LogP contribution >= 0.6 is 0 Å². The molecule has 0 radical (unpaired) electrons. The molecule has 25 heteroatoms. The number of aliphatic hydroxyl groups excluding tert-OH is 1. The van der Waals surface area contributed by atoms with Gasteiger partial charge in [0.1, 0.15) is 66.5 Å². The molecule has 2 aliphatic heterocycles. The molecule has 5 N–H and O–H groups in total. The third-order valence-electron chi connectivity index (χ3n) is 19.5. The molecule has 0 saturated carbocycles. The number of carbonyl (C=O) groups is 11. The summed E-state index contributed by atoms with van der Waals surface area (Å²) in [6.45, 7) is 32.3. The lowest BCUT2D eigenvalue weighted by atomic mass is 9.91. The summed E-state index contributed by atoms with van der Waals surface area (Å²) in [5.41, 5.74) is 0. The number of likely N-dealkylation sites (tertiary alicyclic amines) is 1. The molecule has 25 nitrogen and oxygen atoms in total. The molecular formula is C71H128N12O13. The Morgan fingerprint density at radius 2 is 0.979 bits per heavy atom. The van der Waals surface area contributed by atoms with Crippen LogP contribution in [0.2, 0.25) is 0 Å². The predicted octanol–water partition coefficient (Wildman–Crippen LogP) is 4.53. The second-order valence-corrected chi connectivity index (χ2v) is 29.5. The van der Waals surface area contributed by atoms with E-state index in [2.05, 4.69) is 26.2 Å². The Morgan fingerprint density at radius 3 is 1.47 bits per heavy atom. The van der Waals surface area contributed by atoms with Gasteiger partial charge < -0.3 is 70.3 Å². The van der Waals surface area contributed by atoms with Crippen LogP contribution in [0.5, 0.6) is 0 Å². The molecular weight excluding hydrogens is 1230 g/mol. The van der Waals surface area contributed by atoms with Gasteiger partial charge >= 0.3 is 0 Å². The van der Waals surface area contributed by atoms with Gasteiger partial charge in [0.05, 0.1) is 12.2 Å². The lowest BCUT2D eigenvalue weighted by Gasteiger charge is -2.41. The maximum absolute atomic E-state index is 15.4. The standard InChI is InChI=1S/C71H128N12O13/c1-26-28-31-47(14)60(84)59-64(88)74-52(30-27-2)67(91)76(18)50(17)66(90)81(23)58(46(13)32-29-35-83-36-33-51(96-25)34-37-83)63(87)75-56(44(9)10)70(94)77(19)53(38-41(3)4)62(86)72-48(15)61(85)73-49(16)65(89)78(20)54(39-42(5)6)68(92)79(21)55(40-43(7)8)69(93)80(22)57(45(11)12)71(95)82(59)24/h26,28,41-60,84H,27,29-40H2,1-25H3,(H,72,86)(H,73,85)(H,74,88)(H,75,87)/b28-26+/t46-,47-,48+,49-,50-,52+,53+,54+,55+,56+,57+,58+,59+,60-/m1/s1. The fourth-order valence-corrected chi connectivity index (χ4v) is 13.2. The summed E-state index contributed by atoms with van der Waals surface area (Å²) in [6.07, 6.45) is 6.38. The van der Waals surface area contributed by atoms with Gasteiger partial charge in [-0.15, -0.1) is 0 Å². The summed E-state index contributed by atoms with van der Waals surface area (Å²) in [5, 5.41) is 23.6. The number of methoxy groups -OCH3 is 1. The Labute approximate surface area is 576 Å². The highest BCUT2D eigenvalue weighted by molar-refractivity contribution is 6.00. The highest BCUT2D eigenvalue weighted by Crippen LogP contribution is 2.27. The van der Waals surface area contributed by atoms with E-state index < -0.39 is 161 Å². The van der Waals surface area contributed by atoms with Crippen LogP contribution in [0.1, 0.15) is 182 Å². The van der Waals surface area contributed by atoms with Crippen LogP contribution in [0.3, 0.4) is 0 Å². The zero-order chi connectivity index (χ0) is 73.7. The molecule has 550 valence electrons. The van der Waals surface area contributed by atoms with Crippen LogP contribution < -0.4 is 21.3 Å². The SMILES string of the molecule is C/C=C/C[C@@H](C)[C@@H](O)[C@H]1C(=O)N[C@@H](CCC)C(=O)N(C)[C@H](C)C(=O)N(C)[C@@H]([C@H](C)CCCN2CCC(OC)CC2)C(=O)N[C@@H](C(C)C)C(=O)N(C)[C@@H](CC(C)C)C(=O)N[C@@H](C)C(=O)N[C@H](C)C(=O)N(C)[C@@H](CC(C)C)C(=O)N(C)[C@@H](CC(C)C)C(=O)N(C)[C@@H](C(C)C)C(=O)N1C. The van der Waals surface area contributed by atoms with E-state index in [1.807, 2.05) is 68.4 Å². The van der Waals surface area contributed by atoms with E-state index in [0.29, 0.717) is 25.7 Å². The number of nitrogens with one attached hydrogen (secondary N) is 4. The van der Waals surface area contributed by atoms with Crippen molar-refractivity contribution in [3.63, 3.8) is 0 Å². The molecule has 14 atom stereocenters. The normalized spacial score (nSPS) is 27.6. The average molecular weight is 1360 g/mol. The number of likely N-dealkylation sites (N-methyl/N-ethyl adjacent to an activating group) is 7. The van der Waals surface area contributed by atoms with Gasteiger partial charge in [0.15, 0.2) is 0 Å². The molecule has 0 aromatic rings. The lowest BCUT2D eigenvalue weighted by Crippen LogP contribution is -2.64. The van der Waals surface area contributed by atoms with Crippen LogP contribution in [-0.4, -0.2) is 264 Å². The number of carbonyl (C=O) groups excluding carboxylic acids is 11. The van der Waals surface area contributed by atoms with Crippen LogP contribution in [0.15, 0.2) is 12.2 Å². The van der Waals surface area contributed by atoms with E-state index in [4.69, 9.17) is 4.74 Å². The molecule has 2 heterocycles. The van der Waals surface area contributed by atoms with Gasteiger partial charge in [-0.05, 0) is 133 Å². The Kier molecular flexibility index (Phi) is 35.8. The smallest absolute Gasteiger partial charge is 0.246 e. The molecule has 0 unspecified atom stereocenters. The molecule has 0 spiro atoms. The van der Waals surface area contributed by atoms with Gasteiger partial charge in [0, 0.05) is 69.5 Å². The van der Waals surface area contributed by atoms with E-state index in [9.17, 15) is 24.3 Å². The van der Waals surface area contributed by atoms with Gasteiger partial charge in [-0.1, -0.05) is 109 Å². The van der Waals surface area contributed by atoms with Crippen LogP contribution in [0.4, 0.5) is 0 Å². The second kappa shape index (κ2) is 40.0. The fraction of sp³-hybridized carbons (Fsp3) is 0.817. The van der Waals surface area contributed by atoms with Gasteiger partial charge in [-0.25, -0.2) is 0 Å². The first-order valence-corrected chi connectivity index (χ1v) is 35.3. The summed E-state index contributed by atoms with van der Waals surface area (Å²) in [4.78, 5) is 175. The minimum Gasteiger partial charge on any atom is -0.390 e. The summed E-state index contributed by atoms with van der Waals surface area (Å²) in [6, 6.07) is -13.8. The Hall–Kier alpha value is -6.21. The van der Waals surface area contributed by atoms with Gasteiger partial charge in [0.25, 0.3) is 0 Å². The van der Waals surface area contributed by atoms with Gasteiger partial charge in [-0.2, -0.15) is 0 Å². The number of amides is 11. The monoisotopic (exact) mass is 1360 g/mol. The molecule has 2 rings (SSSR count). The fourth-order valence-electron chi connectivity index (χ4n) is 13.2. The molecule has 2 saturated heterocycles. The van der Waals surface area contributed by atoms with Crippen molar-refractivity contribution in [3.8, 4) is 0 Å². The average Bonchev–Trinajstić information content (AvgIpc) is 0.812. The summed E-state index contributed by atoms with van der Waals surface area (Å²) in [7, 11) is 11.8. The van der Waals surface area contributed by atoms with E-state index in [1.165, 1.54) is 99.5 Å². The molecule has 0 aliphatic carbocycles. The number of aliphatic hydroxyl groups is 1. The van der Waals surface area contributed by atoms with E-state index in [0.717, 1.165) is 37.4 Å². The Bertz CT molecular complexity index is 2610. The number of rotatable bonds is 20. The minimum absolute atomic E-state index is 0.0780. The van der Waals surface area contributed by atoms with Crippen molar-refractivity contribution in [1.29, 1.82) is 0 Å². The first-order valence-electron chi connectivity index (χ1n) is 35.3. The van der Waals surface area contributed by atoms with Crippen LogP contribution in [0, 0.1) is 41.4 Å². The largest absolute Gasteiger partial charge is 0.390 e. The molecule has 0 aromatic carbocycles. The summed E-state index contributed by atoms with van der Waals surface area (Å²) >= 11 is 0. The first kappa shape index (κ1) is 85.9. The van der Waals surface area contributed by atoms with E-state index >= 15 is 33.6 Å². The van der Waals surface area contributed by atoms with Crippen molar-refractivity contribution in [3.05, 3.63) is 12.2 Å². The molecule has 2 fully saturated rings. The lowest BCUT2D eigenvalue weighted by molar-refractivity contribution is -0.157. The molecule has 11 amide bonds. The highest BCUT2D eigenvalue weighted by atomic mass is 16.5. The van der Waals surface area contributed by atoms with Crippen molar-refractivity contribution in [2.75, 3.05) is 76.1 Å². The number of allylic oxidation sites excluding steroid dienone is 2. The molecule has 0 aromatic heterocycles. The summed E-state index contributed by atoms with van der Waals surface area (Å²) in [5.74, 6) is -10.1. The molecule has 2 aliphatic rings. The van der Waals surface area contributed by atoms with Crippen molar-refractivity contribution in [2.24, 2.45) is 41.4 Å². The number of hydrogen-bond acceptors (Lipinski definition) is 14. The quantitative estimate of drug-likeness (QED) is 0.105. The Morgan fingerprint density at radius 1 is 0.510 bits per heavy atom. The van der Waals surface area contributed by atoms with Crippen molar-refractivity contribution >= 4 is 65.0 Å². The number of piperidine rings is 1. The summed E-state index contributed by atoms with van der Waals surface area (Å²) < 4.78 is 5.60. The van der Waals surface area contributed by atoms with Gasteiger partial charge in [-0.3, -0.25) is 52.7 Å². The molecule has 96 heavy (non-hydrogen) atoms. The zero-order valence-corrected chi connectivity index (χ0v) is 63.3. The van der Waals surface area contributed by atoms with Crippen molar-refractivity contribution in [2.45, 2.75) is 261 Å². The van der Waals surface area contributed by atoms with Crippen LogP contribution in [-0.2, 0) is 57.5 Å². The maximum atomic E-state index is 15.4. The van der Waals surface area contributed by atoms with Crippen molar-refractivity contribution in [1.82, 2.24) is 60.5 Å². The zero-order valence-electron chi connectivity index (χ0n) is 63.3. The predicted molar refractivity (Wildman–Crippen MR) is 373 cm³/mol. The highest BCUT2D eigenvalue weighted by Gasteiger charge is 2.46. The maximum Gasteiger partial charge on any atom is 0.246 e. The molecule has 0 bridgehead atoms. The third-order valence-corrected chi connectivity index (χ3v) is 19.5. The number of ether oxygens (including phenoxy) is 1. The number of hydrogen-bond donors (Lipinski definition) is 5. The van der Waals surface area contributed by atoms with E-state index in [1.54, 1.807) is 47.8 Å². The van der Waals surface area contributed by atoms with Crippen molar-refractivity contribution < 1.29 is 62.6 Å².